The zero-order valence-electron chi connectivity index (χ0n) is 10.7. The third kappa shape index (κ3) is 5.81. The van der Waals surface area contributed by atoms with Gasteiger partial charge in [0.2, 0.25) is 5.91 Å². The van der Waals surface area contributed by atoms with E-state index in [2.05, 4.69) is 0 Å². The lowest BCUT2D eigenvalue weighted by atomic mass is 10.2. The molecule has 106 valence electrons. The van der Waals surface area contributed by atoms with Crippen molar-refractivity contribution in [3.05, 3.63) is 42.0 Å². The maximum atomic E-state index is 11.8. The van der Waals surface area contributed by atoms with Crippen LogP contribution in [-0.2, 0) is 14.4 Å². The number of carboxylic acid groups (broad SMARTS) is 2. The lowest BCUT2D eigenvalue weighted by Gasteiger charge is -2.17. The van der Waals surface area contributed by atoms with Crippen LogP contribution in [0.1, 0.15) is 12.0 Å². The summed E-state index contributed by atoms with van der Waals surface area (Å²) in [6.07, 6.45) is 2.50. The first-order valence-corrected chi connectivity index (χ1v) is 5.94. The summed E-state index contributed by atoms with van der Waals surface area (Å²) in [5, 5.41) is 17.3. The van der Waals surface area contributed by atoms with Gasteiger partial charge in [-0.05, 0) is 11.6 Å². The van der Waals surface area contributed by atoms with Crippen LogP contribution in [0, 0.1) is 0 Å². The Kier molecular flexibility index (Phi) is 5.96. The topological polar surface area (TPSA) is 94.9 Å². The standard InChI is InChI=1S/C14H15NO5/c16-12(7-6-11-4-2-1-3-5-11)15(10-14(19)20)9-8-13(17)18/h1-7H,8-10H2,(H,17,18)(H,19,20)/b7-6+. The third-order valence-electron chi connectivity index (χ3n) is 2.45. The van der Waals surface area contributed by atoms with Crippen LogP contribution in [0.15, 0.2) is 36.4 Å². The lowest BCUT2D eigenvalue weighted by molar-refractivity contribution is -0.144. The van der Waals surface area contributed by atoms with Crippen molar-refractivity contribution in [3.8, 4) is 0 Å². The molecule has 0 fully saturated rings. The molecule has 0 aliphatic rings. The summed E-state index contributed by atoms with van der Waals surface area (Å²) in [5.41, 5.74) is 0.800. The van der Waals surface area contributed by atoms with Gasteiger partial charge >= 0.3 is 11.9 Å². The highest BCUT2D eigenvalue weighted by molar-refractivity contribution is 5.93. The van der Waals surface area contributed by atoms with Crippen LogP contribution < -0.4 is 0 Å². The second-order valence-corrected chi connectivity index (χ2v) is 4.04. The van der Waals surface area contributed by atoms with Gasteiger partial charge in [0, 0.05) is 12.6 Å². The van der Waals surface area contributed by atoms with Crippen molar-refractivity contribution in [1.82, 2.24) is 4.90 Å². The van der Waals surface area contributed by atoms with E-state index in [1.165, 1.54) is 6.08 Å². The summed E-state index contributed by atoms with van der Waals surface area (Å²) >= 11 is 0. The minimum absolute atomic E-state index is 0.139. The Morgan fingerprint density at radius 2 is 1.70 bits per heavy atom. The number of rotatable bonds is 7. The summed E-state index contributed by atoms with van der Waals surface area (Å²) in [6, 6.07) is 9.04. The first-order valence-electron chi connectivity index (χ1n) is 5.94. The molecule has 0 unspecified atom stereocenters. The van der Waals surface area contributed by atoms with Crippen molar-refractivity contribution in [2.45, 2.75) is 6.42 Å². The van der Waals surface area contributed by atoms with Gasteiger partial charge in [-0.1, -0.05) is 30.3 Å². The lowest BCUT2D eigenvalue weighted by Crippen LogP contribution is -2.36. The van der Waals surface area contributed by atoms with E-state index in [0.29, 0.717) is 0 Å². The normalized spacial score (nSPS) is 10.4. The van der Waals surface area contributed by atoms with E-state index in [4.69, 9.17) is 10.2 Å². The Balaban J connectivity index is 2.69. The average molecular weight is 277 g/mol. The van der Waals surface area contributed by atoms with Gasteiger partial charge in [-0.25, -0.2) is 0 Å². The predicted molar refractivity (Wildman–Crippen MR) is 71.9 cm³/mol. The molecular formula is C14H15NO5. The van der Waals surface area contributed by atoms with Crippen molar-refractivity contribution in [1.29, 1.82) is 0 Å². The molecule has 0 bridgehead atoms. The van der Waals surface area contributed by atoms with Gasteiger partial charge in [0.1, 0.15) is 6.54 Å². The minimum Gasteiger partial charge on any atom is -0.481 e. The van der Waals surface area contributed by atoms with Crippen molar-refractivity contribution in [3.63, 3.8) is 0 Å². The van der Waals surface area contributed by atoms with E-state index in [0.717, 1.165) is 10.5 Å². The van der Waals surface area contributed by atoms with Gasteiger partial charge in [0.05, 0.1) is 6.42 Å². The molecule has 6 nitrogen and oxygen atoms in total. The van der Waals surface area contributed by atoms with E-state index >= 15 is 0 Å². The molecule has 0 saturated heterocycles. The maximum absolute atomic E-state index is 11.8. The fraction of sp³-hybridized carbons (Fsp3) is 0.214. The molecule has 0 radical (unpaired) electrons. The number of amides is 1. The second kappa shape index (κ2) is 7.73. The smallest absolute Gasteiger partial charge is 0.323 e. The zero-order chi connectivity index (χ0) is 15.0. The predicted octanol–water partition coefficient (Wildman–Crippen LogP) is 1.09. The highest BCUT2D eigenvalue weighted by atomic mass is 16.4. The number of hydrogen-bond donors (Lipinski definition) is 2. The molecule has 0 heterocycles. The van der Waals surface area contributed by atoms with Crippen molar-refractivity contribution < 1.29 is 24.6 Å². The monoisotopic (exact) mass is 277 g/mol. The van der Waals surface area contributed by atoms with Gasteiger partial charge in [0.25, 0.3) is 0 Å². The largest absolute Gasteiger partial charge is 0.481 e. The summed E-state index contributed by atoms with van der Waals surface area (Å²) in [5.74, 6) is -2.80. The van der Waals surface area contributed by atoms with E-state index in [-0.39, 0.29) is 13.0 Å². The Morgan fingerprint density at radius 3 is 2.25 bits per heavy atom. The fourth-order valence-electron chi connectivity index (χ4n) is 1.50. The van der Waals surface area contributed by atoms with Crippen molar-refractivity contribution >= 4 is 23.9 Å². The molecule has 2 N–H and O–H groups in total. The zero-order valence-corrected chi connectivity index (χ0v) is 10.7. The Labute approximate surface area is 115 Å². The van der Waals surface area contributed by atoms with E-state index in [1.807, 2.05) is 18.2 Å². The van der Waals surface area contributed by atoms with Crippen LogP contribution in [0.5, 0.6) is 0 Å². The molecule has 1 rings (SSSR count). The van der Waals surface area contributed by atoms with Crippen LogP contribution in [0.2, 0.25) is 0 Å². The molecule has 0 aliphatic heterocycles. The molecule has 1 amide bonds. The molecule has 0 aliphatic carbocycles. The van der Waals surface area contributed by atoms with Crippen LogP contribution >= 0.6 is 0 Å². The molecule has 0 spiro atoms. The molecule has 1 aromatic rings. The average Bonchev–Trinajstić information content (AvgIpc) is 2.41. The van der Waals surface area contributed by atoms with Gasteiger partial charge in [-0.2, -0.15) is 0 Å². The van der Waals surface area contributed by atoms with E-state index in [9.17, 15) is 14.4 Å². The first kappa shape index (κ1) is 15.4. The third-order valence-corrected chi connectivity index (χ3v) is 2.45. The van der Waals surface area contributed by atoms with Gasteiger partial charge in [0.15, 0.2) is 0 Å². The molecule has 1 aromatic carbocycles. The summed E-state index contributed by atoms with van der Waals surface area (Å²) in [6.45, 7) is -0.662. The molecule has 6 heteroatoms. The first-order chi connectivity index (χ1) is 9.49. The van der Waals surface area contributed by atoms with Crippen LogP contribution in [-0.4, -0.2) is 46.0 Å². The molecular weight excluding hydrogens is 262 g/mol. The highest BCUT2D eigenvalue weighted by Crippen LogP contribution is 2.03. The van der Waals surface area contributed by atoms with Crippen molar-refractivity contribution in [2.75, 3.05) is 13.1 Å². The Bertz CT molecular complexity index is 510. The van der Waals surface area contributed by atoms with Crippen LogP contribution in [0.25, 0.3) is 6.08 Å². The highest BCUT2D eigenvalue weighted by Gasteiger charge is 2.15. The summed E-state index contributed by atoms with van der Waals surface area (Å²) < 4.78 is 0. The quantitative estimate of drug-likeness (QED) is 0.727. The van der Waals surface area contributed by atoms with Gasteiger partial charge < -0.3 is 15.1 Å². The number of carbonyl (C=O) groups is 3. The van der Waals surface area contributed by atoms with Crippen LogP contribution in [0.4, 0.5) is 0 Å². The maximum Gasteiger partial charge on any atom is 0.323 e. The van der Waals surface area contributed by atoms with Gasteiger partial charge in [-0.3, -0.25) is 14.4 Å². The molecule has 20 heavy (non-hydrogen) atoms. The number of benzene rings is 1. The Hall–Kier alpha value is -2.63. The van der Waals surface area contributed by atoms with E-state index in [1.54, 1.807) is 18.2 Å². The number of hydrogen-bond acceptors (Lipinski definition) is 3. The van der Waals surface area contributed by atoms with E-state index < -0.39 is 24.4 Å². The summed E-state index contributed by atoms with van der Waals surface area (Å²) in [4.78, 5) is 34.0. The number of carboxylic acids is 2. The van der Waals surface area contributed by atoms with Gasteiger partial charge in [-0.15, -0.1) is 0 Å². The van der Waals surface area contributed by atoms with Crippen molar-refractivity contribution in [2.24, 2.45) is 0 Å². The number of nitrogens with zero attached hydrogens (tertiary/aromatic N) is 1. The SMILES string of the molecule is O=C(O)CCN(CC(=O)O)C(=O)/C=C/c1ccccc1. The number of carbonyl (C=O) groups excluding carboxylic acids is 1. The fourth-order valence-corrected chi connectivity index (χ4v) is 1.50. The Morgan fingerprint density at radius 1 is 1.05 bits per heavy atom. The second-order valence-electron chi connectivity index (χ2n) is 4.04. The van der Waals surface area contributed by atoms with Crippen LogP contribution in [0.3, 0.4) is 0 Å². The molecule has 0 aromatic heterocycles. The molecule has 0 saturated carbocycles. The summed E-state index contributed by atoms with van der Waals surface area (Å²) in [7, 11) is 0. The number of aliphatic carboxylic acids is 2. The molecule has 0 atom stereocenters. The minimum atomic E-state index is -1.18.